The third-order valence-corrected chi connectivity index (χ3v) is 6.23. The van der Waals surface area contributed by atoms with Crippen LogP contribution >= 0.6 is 22.9 Å². The van der Waals surface area contributed by atoms with E-state index in [-0.39, 0.29) is 0 Å². The summed E-state index contributed by atoms with van der Waals surface area (Å²) >= 11 is 7.86. The van der Waals surface area contributed by atoms with E-state index in [1.807, 2.05) is 66.7 Å². The number of para-hydroxylation sites is 1. The zero-order valence-corrected chi connectivity index (χ0v) is 18.0. The van der Waals surface area contributed by atoms with Crippen molar-refractivity contribution in [1.29, 1.82) is 0 Å². The first-order chi connectivity index (χ1) is 15.3. The molecule has 5 aromatic rings. The second kappa shape index (κ2) is 8.76. The van der Waals surface area contributed by atoms with Crippen LogP contribution in [0.3, 0.4) is 0 Å². The number of benzene rings is 4. The Hall–Kier alpha value is -3.41. The van der Waals surface area contributed by atoms with Crippen molar-refractivity contribution in [2.45, 2.75) is 6.61 Å². The van der Waals surface area contributed by atoms with Crippen LogP contribution in [0.2, 0.25) is 5.02 Å². The average Bonchev–Trinajstić information content (AvgIpc) is 3.22. The zero-order valence-electron chi connectivity index (χ0n) is 16.5. The third kappa shape index (κ3) is 4.24. The molecule has 0 saturated carbocycles. The van der Waals surface area contributed by atoms with Crippen LogP contribution in [0.15, 0.2) is 90.0 Å². The molecule has 0 unspecified atom stereocenters. The first-order valence-corrected chi connectivity index (χ1v) is 11.0. The van der Waals surface area contributed by atoms with E-state index < -0.39 is 0 Å². The van der Waals surface area contributed by atoms with Gasteiger partial charge in [-0.15, -0.1) is 0 Å². The zero-order chi connectivity index (χ0) is 21.0. The quantitative estimate of drug-likeness (QED) is 0.224. The van der Waals surface area contributed by atoms with Gasteiger partial charge in [0.1, 0.15) is 12.4 Å². The molecular formula is C25H18ClN3OS. The van der Waals surface area contributed by atoms with E-state index in [9.17, 15) is 0 Å². The van der Waals surface area contributed by atoms with E-state index in [4.69, 9.17) is 16.3 Å². The molecule has 152 valence electrons. The molecular weight excluding hydrogens is 426 g/mol. The number of hydrogen-bond acceptors (Lipinski definition) is 5. The van der Waals surface area contributed by atoms with E-state index in [2.05, 4.69) is 33.7 Å². The summed E-state index contributed by atoms with van der Waals surface area (Å²) in [6, 6.07) is 27.9. The predicted molar refractivity (Wildman–Crippen MR) is 131 cm³/mol. The van der Waals surface area contributed by atoms with Gasteiger partial charge in [0, 0.05) is 16.1 Å². The summed E-state index contributed by atoms with van der Waals surface area (Å²) in [7, 11) is 0. The van der Waals surface area contributed by atoms with Crippen LogP contribution in [0, 0.1) is 0 Å². The molecule has 0 spiro atoms. The number of aromatic nitrogens is 1. The molecule has 6 heteroatoms. The summed E-state index contributed by atoms with van der Waals surface area (Å²) in [6.07, 6.45) is 1.79. The van der Waals surface area contributed by atoms with Crippen LogP contribution in [0.4, 0.5) is 5.13 Å². The van der Waals surface area contributed by atoms with Gasteiger partial charge in [-0.25, -0.2) is 4.98 Å². The maximum absolute atomic E-state index is 6.29. The van der Waals surface area contributed by atoms with Crippen molar-refractivity contribution in [2.24, 2.45) is 5.10 Å². The molecule has 4 nitrogen and oxygen atoms in total. The van der Waals surface area contributed by atoms with E-state index in [1.165, 1.54) is 0 Å². The fraction of sp³-hybridized carbons (Fsp3) is 0.0400. The first kappa shape index (κ1) is 19.5. The maximum atomic E-state index is 6.29. The van der Waals surface area contributed by atoms with Gasteiger partial charge in [-0.2, -0.15) is 5.10 Å². The Morgan fingerprint density at radius 3 is 2.65 bits per heavy atom. The van der Waals surface area contributed by atoms with Gasteiger partial charge in [0.05, 0.1) is 16.4 Å². The standard InChI is InChI=1S/C25H18ClN3OS/c26-21-10-4-2-8-18(21)16-30-23-14-13-17-7-1-3-9-19(17)20(23)15-27-29-25-28-22-11-5-6-12-24(22)31-25/h1-15H,16H2,(H,28,29)/b27-15+. The van der Waals surface area contributed by atoms with E-state index in [0.717, 1.165) is 43.0 Å². The largest absolute Gasteiger partial charge is 0.488 e. The van der Waals surface area contributed by atoms with Crippen LogP contribution in [0.1, 0.15) is 11.1 Å². The molecule has 4 aromatic carbocycles. The molecule has 0 amide bonds. The molecule has 0 aliphatic heterocycles. The Kier molecular flexibility index (Phi) is 5.52. The van der Waals surface area contributed by atoms with Crippen molar-refractivity contribution in [3.63, 3.8) is 0 Å². The Morgan fingerprint density at radius 1 is 0.935 bits per heavy atom. The van der Waals surface area contributed by atoms with Crippen molar-refractivity contribution in [3.8, 4) is 5.75 Å². The van der Waals surface area contributed by atoms with Crippen LogP contribution in [-0.4, -0.2) is 11.2 Å². The SMILES string of the molecule is Clc1ccccc1COc1ccc2ccccc2c1/C=N/Nc1nc2ccccc2s1. The molecule has 0 aliphatic carbocycles. The summed E-state index contributed by atoms with van der Waals surface area (Å²) in [5, 5.41) is 8.08. The van der Waals surface area contributed by atoms with Gasteiger partial charge < -0.3 is 4.74 Å². The lowest BCUT2D eigenvalue weighted by molar-refractivity contribution is 0.306. The minimum absolute atomic E-state index is 0.379. The highest BCUT2D eigenvalue weighted by atomic mass is 35.5. The Labute approximate surface area is 188 Å². The van der Waals surface area contributed by atoms with Gasteiger partial charge in [-0.1, -0.05) is 83.6 Å². The van der Waals surface area contributed by atoms with Gasteiger partial charge in [-0.05, 0) is 35.0 Å². The number of hydrogen-bond donors (Lipinski definition) is 1. The van der Waals surface area contributed by atoms with Crippen molar-refractivity contribution in [3.05, 3.63) is 101 Å². The lowest BCUT2D eigenvalue weighted by Gasteiger charge is -2.12. The maximum Gasteiger partial charge on any atom is 0.204 e. The number of halogens is 1. The summed E-state index contributed by atoms with van der Waals surface area (Å²) in [4.78, 5) is 4.56. The van der Waals surface area contributed by atoms with Crippen LogP contribution in [0.25, 0.3) is 21.0 Å². The molecule has 0 radical (unpaired) electrons. The number of thiazole rings is 1. The monoisotopic (exact) mass is 443 g/mol. The number of fused-ring (bicyclic) bond motifs is 2. The number of nitrogens with zero attached hydrogens (tertiary/aromatic N) is 2. The Bertz CT molecular complexity index is 1360. The number of rotatable bonds is 6. The Morgan fingerprint density at radius 2 is 1.74 bits per heavy atom. The van der Waals surface area contributed by atoms with Crippen molar-refractivity contribution in [2.75, 3.05) is 5.43 Å². The average molecular weight is 444 g/mol. The highest BCUT2D eigenvalue weighted by Crippen LogP contribution is 2.29. The summed E-state index contributed by atoms with van der Waals surface area (Å²) in [5.74, 6) is 0.744. The normalized spacial score (nSPS) is 11.4. The van der Waals surface area contributed by atoms with E-state index >= 15 is 0 Å². The van der Waals surface area contributed by atoms with Gasteiger partial charge in [0.25, 0.3) is 0 Å². The fourth-order valence-electron chi connectivity index (χ4n) is 3.38. The molecule has 0 atom stereocenters. The van der Waals surface area contributed by atoms with E-state index in [1.54, 1.807) is 17.6 Å². The second-order valence-electron chi connectivity index (χ2n) is 6.94. The first-order valence-electron chi connectivity index (χ1n) is 9.80. The molecule has 0 saturated heterocycles. The minimum atomic E-state index is 0.379. The summed E-state index contributed by atoms with van der Waals surface area (Å²) in [6.45, 7) is 0.379. The number of nitrogens with one attached hydrogen (secondary N) is 1. The van der Waals surface area contributed by atoms with Crippen LogP contribution < -0.4 is 10.2 Å². The summed E-state index contributed by atoms with van der Waals surface area (Å²) < 4.78 is 7.27. The fourth-order valence-corrected chi connectivity index (χ4v) is 4.38. The van der Waals surface area contributed by atoms with Crippen molar-refractivity contribution in [1.82, 2.24) is 4.98 Å². The third-order valence-electron chi connectivity index (χ3n) is 4.92. The molecule has 0 aliphatic rings. The predicted octanol–water partition coefficient (Wildman–Crippen LogP) is 7.13. The van der Waals surface area contributed by atoms with Crippen molar-refractivity contribution < 1.29 is 4.74 Å². The molecule has 1 heterocycles. The van der Waals surface area contributed by atoms with Gasteiger partial charge >= 0.3 is 0 Å². The number of ether oxygens (including phenoxy) is 1. The van der Waals surface area contributed by atoms with Gasteiger partial charge in [0.15, 0.2) is 0 Å². The van der Waals surface area contributed by atoms with Crippen molar-refractivity contribution >= 4 is 55.3 Å². The molecule has 1 aromatic heterocycles. The highest BCUT2D eigenvalue weighted by molar-refractivity contribution is 7.22. The number of anilines is 1. The molecule has 0 bridgehead atoms. The topological polar surface area (TPSA) is 46.5 Å². The van der Waals surface area contributed by atoms with Crippen LogP contribution in [-0.2, 0) is 6.61 Å². The molecule has 5 rings (SSSR count). The van der Waals surface area contributed by atoms with Gasteiger partial charge in [-0.3, -0.25) is 5.43 Å². The lowest BCUT2D eigenvalue weighted by Crippen LogP contribution is -2.00. The van der Waals surface area contributed by atoms with Gasteiger partial charge in [0.2, 0.25) is 5.13 Å². The lowest BCUT2D eigenvalue weighted by atomic mass is 10.0. The minimum Gasteiger partial charge on any atom is -0.488 e. The van der Waals surface area contributed by atoms with E-state index in [0.29, 0.717) is 11.6 Å². The molecule has 31 heavy (non-hydrogen) atoms. The van der Waals surface area contributed by atoms with Crippen LogP contribution in [0.5, 0.6) is 5.75 Å². The summed E-state index contributed by atoms with van der Waals surface area (Å²) in [5.41, 5.74) is 5.85. The second-order valence-corrected chi connectivity index (χ2v) is 8.37. The highest BCUT2D eigenvalue weighted by Gasteiger charge is 2.09. The Balaban J connectivity index is 1.44. The molecule has 1 N–H and O–H groups in total. The smallest absolute Gasteiger partial charge is 0.204 e. The molecule has 0 fully saturated rings. The number of hydrazone groups is 1.